The van der Waals surface area contributed by atoms with Crippen molar-refractivity contribution in [3.05, 3.63) is 65.1 Å². The van der Waals surface area contributed by atoms with Gasteiger partial charge in [0.05, 0.1) is 11.1 Å². The van der Waals surface area contributed by atoms with Crippen molar-refractivity contribution in [2.45, 2.75) is 46.0 Å². The number of nitrogens with one attached hydrogen (secondary N) is 1. The molecule has 1 fully saturated rings. The number of hydrogen-bond donors (Lipinski definition) is 1. The SMILES string of the molecule is CC(=O)N1CCC(C(=O)OCC(=O)Nc2cc(C)nn2-c2nc(C)cc(C)n2)(c2ccccc2)CC1. The molecule has 2 amide bonds. The zero-order valence-corrected chi connectivity index (χ0v) is 20.9. The topological polar surface area (TPSA) is 119 Å². The number of carbonyl (C=O) groups excluding carboxylic acids is 3. The molecule has 188 valence electrons. The van der Waals surface area contributed by atoms with Crippen molar-refractivity contribution in [3.8, 4) is 5.95 Å². The zero-order chi connectivity index (χ0) is 25.9. The van der Waals surface area contributed by atoms with Crippen LogP contribution in [0.15, 0.2) is 42.5 Å². The number of nitrogens with zero attached hydrogens (tertiary/aromatic N) is 5. The number of anilines is 1. The first-order valence-corrected chi connectivity index (χ1v) is 11.9. The Bertz CT molecular complexity index is 1260. The first-order chi connectivity index (χ1) is 17.2. The van der Waals surface area contributed by atoms with Crippen molar-refractivity contribution in [2.75, 3.05) is 25.0 Å². The van der Waals surface area contributed by atoms with Crippen molar-refractivity contribution in [2.24, 2.45) is 0 Å². The van der Waals surface area contributed by atoms with Crippen LogP contribution in [0.25, 0.3) is 5.95 Å². The number of hydrogen-bond acceptors (Lipinski definition) is 7. The van der Waals surface area contributed by atoms with Gasteiger partial charge in [0.1, 0.15) is 5.82 Å². The van der Waals surface area contributed by atoms with Crippen LogP contribution in [0.3, 0.4) is 0 Å². The first-order valence-electron chi connectivity index (χ1n) is 11.9. The molecule has 36 heavy (non-hydrogen) atoms. The standard InChI is InChI=1S/C26H30N6O4/c1-17-14-18(2)28-25(27-17)32-22(15-19(3)30-32)29-23(34)16-36-24(35)26(21-8-6-5-7-9-21)10-12-31(13-11-26)20(4)33/h5-9,14-15H,10-13,16H2,1-4H3,(H,29,34). The molecule has 0 saturated carbocycles. The van der Waals surface area contributed by atoms with Crippen molar-refractivity contribution >= 4 is 23.6 Å². The van der Waals surface area contributed by atoms with Gasteiger partial charge in [-0.3, -0.25) is 14.4 Å². The van der Waals surface area contributed by atoms with E-state index in [2.05, 4.69) is 20.4 Å². The van der Waals surface area contributed by atoms with E-state index in [9.17, 15) is 14.4 Å². The summed E-state index contributed by atoms with van der Waals surface area (Å²) in [6.07, 6.45) is 0.847. The van der Waals surface area contributed by atoms with Crippen LogP contribution in [-0.2, 0) is 24.5 Å². The van der Waals surface area contributed by atoms with Gasteiger partial charge in [-0.2, -0.15) is 9.78 Å². The number of ether oxygens (including phenoxy) is 1. The van der Waals surface area contributed by atoms with Gasteiger partial charge in [-0.25, -0.2) is 9.97 Å². The summed E-state index contributed by atoms with van der Waals surface area (Å²) >= 11 is 0. The summed E-state index contributed by atoms with van der Waals surface area (Å²) in [5.41, 5.74) is 2.13. The second-order valence-corrected chi connectivity index (χ2v) is 9.11. The normalized spacial score (nSPS) is 14.8. The molecule has 1 aromatic carbocycles. The van der Waals surface area contributed by atoms with Gasteiger partial charge in [-0.05, 0) is 45.2 Å². The number of piperidine rings is 1. The van der Waals surface area contributed by atoms with Crippen LogP contribution in [0, 0.1) is 20.8 Å². The van der Waals surface area contributed by atoms with E-state index in [0.29, 0.717) is 43.4 Å². The van der Waals surface area contributed by atoms with E-state index < -0.39 is 23.9 Å². The number of amides is 2. The fourth-order valence-electron chi connectivity index (χ4n) is 4.56. The second kappa shape index (κ2) is 10.3. The predicted octanol–water partition coefficient (Wildman–Crippen LogP) is 2.65. The maximum atomic E-state index is 13.4. The van der Waals surface area contributed by atoms with Gasteiger partial charge >= 0.3 is 5.97 Å². The van der Waals surface area contributed by atoms with Crippen LogP contribution < -0.4 is 5.32 Å². The lowest BCUT2D eigenvalue weighted by Gasteiger charge is -2.40. The molecule has 2 aromatic heterocycles. The number of benzene rings is 1. The Morgan fingerprint density at radius 3 is 2.22 bits per heavy atom. The quantitative estimate of drug-likeness (QED) is 0.528. The van der Waals surface area contributed by atoms with Gasteiger partial charge in [0, 0.05) is 37.5 Å². The van der Waals surface area contributed by atoms with E-state index in [1.165, 1.54) is 11.6 Å². The van der Waals surface area contributed by atoms with Crippen molar-refractivity contribution in [1.29, 1.82) is 0 Å². The average molecular weight is 491 g/mol. The molecule has 1 aliphatic rings. The first kappa shape index (κ1) is 25.0. The van der Waals surface area contributed by atoms with E-state index in [4.69, 9.17) is 4.74 Å². The van der Waals surface area contributed by atoms with Crippen LogP contribution >= 0.6 is 0 Å². The molecule has 0 spiro atoms. The minimum absolute atomic E-state index is 0.0240. The summed E-state index contributed by atoms with van der Waals surface area (Å²) in [5.74, 6) is -0.281. The third kappa shape index (κ3) is 5.27. The van der Waals surface area contributed by atoms with Crippen LogP contribution in [0.2, 0.25) is 0 Å². The third-order valence-electron chi connectivity index (χ3n) is 6.37. The van der Waals surface area contributed by atoms with Crippen molar-refractivity contribution < 1.29 is 19.1 Å². The van der Waals surface area contributed by atoms with Gasteiger partial charge in [0.2, 0.25) is 5.91 Å². The Kier molecular flexibility index (Phi) is 7.14. The van der Waals surface area contributed by atoms with Crippen molar-refractivity contribution in [1.82, 2.24) is 24.6 Å². The number of carbonyl (C=O) groups is 3. The zero-order valence-electron chi connectivity index (χ0n) is 20.9. The minimum atomic E-state index is -0.918. The molecule has 3 heterocycles. The lowest BCUT2D eigenvalue weighted by Crippen LogP contribution is -2.49. The minimum Gasteiger partial charge on any atom is -0.455 e. The Morgan fingerprint density at radius 1 is 0.972 bits per heavy atom. The summed E-state index contributed by atoms with van der Waals surface area (Å²) in [6, 6.07) is 12.9. The Morgan fingerprint density at radius 2 is 1.61 bits per heavy atom. The van der Waals surface area contributed by atoms with Crippen LogP contribution in [0.1, 0.15) is 42.4 Å². The van der Waals surface area contributed by atoms with Crippen LogP contribution in [0.5, 0.6) is 0 Å². The van der Waals surface area contributed by atoms with E-state index in [0.717, 1.165) is 17.0 Å². The highest BCUT2D eigenvalue weighted by molar-refractivity contribution is 5.93. The molecule has 1 saturated heterocycles. The number of esters is 1. The largest absolute Gasteiger partial charge is 0.455 e. The number of aromatic nitrogens is 4. The molecule has 0 unspecified atom stereocenters. The molecule has 0 radical (unpaired) electrons. The number of aryl methyl sites for hydroxylation is 3. The highest BCUT2D eigenvalue weighted by Gasteiger charge is 2.45. The van der Waals surface area contributed by atoms with E-state index in [1.807, 2.05) is 50.2 Å². The molecule has 10 heteroatoms. The maximum absolute atomic E-state index is 13.4. The molecular formula is C26H30N6O4. The van der Waals surface area contributed by atoms with Crippen LogP contribution in [0.4, 0.5) is 5.82 Å². The van der Waals surface area contributed by atoms with E-state index >= 15 is 0 Å². The molecule has 0 bridgehead atoms. The summed E-state index contributed by atoms with van der Waals surface area (Å²) in [6.45, 7) is 7.46. The highest BCUT2D eigenvalue weighted by atomic mass is 16.5. The summed E-state index contributed by atoms with van der Waals surface area (Å²) in [7, 11) is 0. The average Bonchev–Trinajstić information content (AvgIpc) is 3.22. The summed E-state index contributed by atoms with van der Waals surface area (Å²) in [5, 5.41) is 7.15. The van der Waals surface area contributed by atoms with Gasteiger partial charge in [-0.1, -0.05) is 30.3 Å². The van der Waals surface area contributed by atoms with Gasteiger partial charge in [-0.15, -0.1) is 0 Å². The molecule has 3 aromatic rings. The molecule has 0 atom stereocenters. The molecule has 4 rings (SSSR count). The number of rotatable bonds is 6. The van der Waals surface area contributed by atoms with Gasteiger partial charge in [0.25, 0.3) is 11.9 Å². The maximum Gasteiger partial charge on any atom is 0.317 e. The monoisotopic (exact) mass is 490 g/mol. The molecule has 0 aliphatic carbocycles. The Labute approximate surface area is 209 Å². The Hall–Kier alpha value is -4.08. The third-order valence-corrected chi connectivity index (χ3v) is 6.37. The fraction of sp³-hybridized carbons (Fsp3) is 0.385. The lowest BCUT2D eigenvalue weighted by atomic mass is 9.72. The second-order valence-electron chi connectivity index (χ2n) is 9.11. The Balaban J connectivity index is 1.48. The molecular weight excluding hydrogens is 460 g/mol. The van der Waals surface area contributed by atoms with E-state index in [-0.39, 0.29) is 5.91 Å². The van der Waals surface area contributed by atoms with E-state index in [1.54, 1.807) is 17.9 Å². The number of likely N-dealkylation sites (tertiary alicyclic amines) is 1. The lowest BCUT2D eigenvalue weighted by molar-refractivity contribution is -0.156. The molecule has 1 N–H and O–H groups in total. The highest BCUT2D eigenvalue weighted by Crippen LogP contribution is 2.37. The molecule has 10 nitrogen and oxygen atoms in total. The summed E-state index contributed by atoms with van der Waals surface area (Å²) < 4.78 is 7.00. The van der Waals surface area contributed by atoms with Gasteiger partial charge in [0.15, 0.2) is 6.61 Å². The van der Waals surface area contributed by atoms with Crippen molar-refractivity contribution in [3.63, 3.8) is 0 Å². The predicted molar refractivity (Wildman–Crippen MR) is 133 cm³/mol. The van der Waals surface area contributed by atoms with Gasteiger partial charge < -0.3 is 15.0 Å². The summed E-state index contributed by atoms with van der Waals surface area (Å²) in [4.78, 5) is 48.5. The van der Waals surface area contributed by atoms with Crippen LogP contribution in [-0.4, -0.2) is 62.1 Å². The fourth-order valence-corrected chi connectivity index (χ4v) is 4.56. The molecule has 1 aliphatic heterocycles. The smallest absolute Gasteiger partial charge is 0.317 e.